The normalized spacial score (nSPS) is 14.1. The van der Waals surface area contributed by atoms with E-state index >= 15 is 0 Å². The molecule has 9 nitrogen and oxygen atoms in total. The van der Waals surface area contributed by atoms with Crippen molar-refractivity contribution < 1.29 is 4.79 Å². The van der Waals surface area contributed by atoms with E-state index in [4.69, 9.17) is 0 Å². The average molecular weight is 408 g/mol. The summed E-state index contributed by atoms with van der Waals surface area (Å²) in [5.74, 6) is 0.359. The fraction of sp³-hybridized carbons (Fsp3) is 0.381. The summed E-state index contributed by atoms with van der Waals surface area (Å²) in [6.07, 6.45) is 7.21. The molecule has 4 rings (SSSR count). The molecule has 30 heavy (non-hydrogen) atoms. The first-order chi connectivity index (χ1) is 14.6. The Balaban J connectivity index is 1.66. The van der Waals surface area contributed by atoms with Gasteiger partial charge in [-0.1, -0.05) is 6.92 Å². The molecule has 2 N–H and O–H groups in total. The number of piperidine rings is 1. The van der Waals surface area contributed by atoms with Gasteiger partial charge in [0.15, 0.2) is 5.82 Å². The van der Waals surface area contributed by atoms with Crippen LogP contribution in [0.3, 0.4) is 0 Å². The van der Waals surface area contributed by atoms with E-state index in [0.717, 1.165) is 31.7 Å². The van der Waals surface area contributed by atoms with Crippen LogP contribution in [0.15, 0.2) is 40.2 Å². The molecular formula is C21H24N6O3. The number of fused-ring (bicyclic) bond motifs is 1. The minimum Gasteiger partial charge on any atom is -0.355 e. The molecule has 1 aliphatic rings. The van der Waals surface area contributed by atoms with E-state index in [9.17, 15) is 14.4 Å². The molecule has 3 aromatic rings. The molecule has 0 saturated carbocycles. The number of aromatic nitrogens is 4. The first-order valence-corrected chi connectivity index (χ1v) is 10.2. The SMILES string of the molecule is CCCn1c(=O)[nH]c(=O)c2cc(C(=O)Nc3cccnc3N3CCCCC3)cnc21. The first kappa shape index (κ1) is 19.8. The number of aryl methyl sites for hydroxylation is 1. The molecule has 1 saturated heterocycles. The molecular weight excluding hydrogens is 384 g/mol. The van der Waals surface area contributed by atoms with Crippen LogP contribution in [-0.4, -0.2) is 38.5 Å². The van der Waals surface area contributed by atoms with Crippen molar-refractivity contribution in [1.82, 2.24) is 19.5 Å². The van der Waals surface area contributed by atoms with Crippen LogP contribution in [-0.2, 0) is 6.54 Å². The number of carbonyl (C=O) groups is 1. The van der Waals surface area contributed by atoms with Gasteiger partial charge in [0.1, 0.15) is 5.65 Å². The second-order valence-electron chi connectivity index (χ2n) is 7.38. The van der Waals surface area contributed by atoms with Crippen molar-refractivity contribution in [2.75, 3.05) is 23.3 Å². The van der Waals surface area contributed by atoms with Crippen molar-refractivity contribution in [1.29, 1.82) is 0 Å². The molecule has 1 amide bonds. The molecule has 3 aromatic heterocycles. The number of hydrogen-bond acceptors (Lipinski definition) is 6. The van der Waals surface area contributed by atoms with Gasteiger partial charge < -0.3 is 10.2 Å². The second-order valence-corrected chi connectivity index (χ2v) is 7.38. The zero-order chi connectivity index (χ0) is 21.1. The van der Waals surface area contributed by atoms with Gasteiger partial charge in [0.05, 0.1) is 16.6 Å². The standard InChI is InChI=1S/C21H24N6O3/c1-2-9-27-17-15(20(29)25-21(27)30)12-14(13-23-17)19(28)24-16-7-6-8-22-18(16)26-10-4-3-5-11-26/h6-8,12-13H,2-5,9-11H2,1H3,(H,24,28)(H,25,29,30). The zero-order valence-corrected chi connectivity index (χ0v) is 16.9. The topological polar surface area (TPSA) is 113 Å². The Morgan fingerprint density at radius 1 is 1.20 bits per heavy atom. The maximum Gasteiger partial charge on any atom is 0.329 e. The number of nitrogens with zero attached hydrogens (tertiary/aromatic N) is 4. The van der Waals surface area contributed by atoms with Gasteiger partial charge in [-0.3, -0.25) is 19.1 Å². The molecule has 0 radical (unpaired) electrons. The Morgan fingerprint density at radius 2 is 2.00 bits per heavy atom. The van der Waals surface area contributed by atoms with Crippen molar-refractivity contribution in [3.8, 4) is 0 Å². The minimum absolute atomic E-state index is 0.207. The predicted molar refractivity (Wildman–Crippen MR) is 115 cm³/mol. The number of pyridine rings is 2. The summed E-state index contributed by atoms with van der Waals surface area (Å²) in [6, 6.07) is 5.06. The third-order valence-corrected chi connectivity index (χ3v) is 5.23. The minimum atomic E-state index is -0.556. The molecule has 0 bridgehead atoms. The lowest BCUT2D eigenvalue weighted by Crippen LogP contribution is -2.31. The van der Waals surface area contributed by atoms with Gasteiger partial charge in [0.2, 0.25) is 0 Å². The number of anilines is 2. The van der Waals surface area contributed by atoms with E-state index in [1.54, 1.807) is 12.3 Å². The fourth-order valence-electron chi connectivity index (χ4n) is 3.77. The predicted octanol–water partition coefficient (Wildman–Crippen LogP) is 2.13. The lowest BCUT2D eigenvalue weighted by molar-refractivity contribution is 0.102. The number of rotatable bonds is 5. The van der Waals surface area contributed by atoms with E-state index in [-0.39, 0.29) is 22.5 Å². The highest BCUT2D eigenvalue weighted by Crippen LogP contribution is 2.26. The number of carbonyl (C=O) groups excluding carboxylic acids is 1. The second kappa shape index (κ2) is 8.48. The summed E-state index contributed by atoms with van der Waals surface area (Å²) < 4.78 is 1.41. The van der Waals surface area contributed by atoms with Gasteiger partial charge in [-0.05, 0) is 43.9 Å². The van der Waals surface area contributed by atoms with Crippen molar-refractivity contribution in [3.05, 3.63) is 57.0 Å². The van der Waals surface area contributed by atoms with E-state index in [0.29, 0.717) is 18.7 Å². The largest absolute Gasteiger partial charge is 0.355 e. The van der Waals surface area contributed by atoms with Gasteiger partial charge >= 0.3 is 5.69 Å². The highest BCUT2D eigenvalue weighted by molar-refractivity contribution is 6.06. The molecule has 156 valence electrons. The Bertz CT molecular complexity index is 1190. The molecule has 1 aliphatic heterocycles. The highest BCUT2D eigenvalue weighted by atomic mass is 16.2. The molecule has 0 spiro atoms. The zero-order valence-electron chi connectivity index (χ0n) is 16.9. The van der Waals surface area contributed by atoms with Crippen LogP contribution in [0.2, 0.25) is 0 Å². The van der Waals surface area contributed by atoms with E-state index < -0.39 is 11.2 Å². The summed E-state index contributed by atoms with van der Waals surface area (Å²) in [7, 11) is 0. The van der Waals surface area contributed by atoms with E-state index in [1.165, 1.54) is 23.3 Å². The Labute approximate surface area is 172 Å². The van der Waals surface area contributed by atoms with Gasteiger partial charge in [-0.15, -0.1) is 0 Å². The Hall–Kier alpha value is -3.49. The van der Waals surface area contributed by atoms with Crippen molar-refractivity contribution >= 4 is 28.4 Å². The quantitative estimate of drug-likeness (QED) is 0.669. The van der Waals surface area contributed by atoms with Gasteiger partial charge in [0.25, 0.3) is 11.5 Å². The maximum atomic E-state index is 12.9. The summed E-state index contributed by atoms with van der Waals surface area (Å²) in [5.41, 5.74) is 0.0792. The average Bonchev–Trinajstić information content (AvgIpc) is 2.77. The molecule has 0 aromatic carbocycles. The monoisotopic (exact) mass is 408 g/mol. The number of H-pyrrole nitrogens is 1. The van der Waals surface area contributed by atoms with Crippen LogP contribution in [0.5, 0.6) is 0 Å². The van der Waals surface area contributed by atoms with E-state index in [2.05, 4.69) is 25.2 Å². The summed E-state index contributed by atoms with van der Waals surface area (Å²) in [4.78, 5) is 50.4. The lowest BCUT2D eigenvalue weighted by atomic mass is 10.1. The third kappa shape index (κ3) is 3.83. The fourth-order valence-corrected chi connectivity index (χ4v) is 3.77. The Morgan fingerprint density at radius 3 is 2.77 bits per heavy atom. The third-order valence-electron chi connectivity index (χ3n) is 5.23. The first-order valence-electron chi connectivity index (χ1n) is 10.2. The summed E-state index contributed by atoms with van der Waals surface area (Å²) in [6.45, 7) is 4.17. The molecule has 9 heteroatoms. The van der Waals surface area contributed by atoms with Crippen LogP contribution in [0.25, 0.3) is 11.0 Å². The van der Waals surface area contributed by atoms with Crippen LogP contribution in [0.4, 0.5) is 11.5 Å². The van der Waals surface area contributed by atoms with Crippen molar-refractivity contribution in [3.63, 3.8) is 0 Å². The maximum absolute atomic E-state index is 12.9. The number of nitrogens with one attached hydrogen (secondary N) is 2. The van der Waals surface area contributed by atoms with Crippen molar-refractivity contribution in [2.24, 2.45) is 0 Å². The molecule has 0 atom stereocenters. The molecule has 0 aliphatic carbocycles. The molecule has 4 heterocycles. The van der Waals surface area contributed by atoms with Crippen molar-refractivity contribution in [2.45, 2.75) is 39.2 Å². The number of hydrogen-bond donors (Lipinski definition) is 2. The lowest BCUT2D eigenvalue weighted by Gasteiger charge is -2.29. The highest BCUT2D eigenvalue weighted by Gasteiger charge is 2.18. The van der Waals surface area contributed by atoms with Gasteiger partial charge in [0, 0.05) is 32.0 Å². The smallest absolute Gasteiger partial charge is 0.329 e. The van der Waals surface area contributed by atoms with Gasteiger partial charge in [-0.2, -0.15) is 0 Å². The van der Waals surface area contributed by atoms with E-state index in [1.807, 2.05) is 13.0 Å². The summed E-state index contributed by atoms with van der Waals surface area (Å²) >= 11 is 0. The van der Waals surface area contributed by atoms with Crippen LogP contribution >= 0.6 is 0 Å². The van der Waals surface area contributed by atoms with Gasteiger partial charge in [-0.25, -0.2) is 14.8 Å². The van der Waals surface area contributed by atoms with Crippen LogP contribution in [0, 0.1) is 0 Å². The Kier molecular flexibility index (Phi) is 5.60. The van der Waals surface area contributed by atoms with Crippen LogP contribution < -0.4 is 21.5 Å². The molecule has 1 fully saturated rings. The molecule has 0 unspecified atom stereocenters. The number of aromatic amines is 1. The summed E-state index contributed by atoms with van der Waals surface area (Å²) in [5, 5.41) is 3.10. The van der Waals surface area contributed by atoms with Crippen LogP contribution in [0.1, 0.15) is 43.0 Å². The number of amides is 1.